The average molecular weight is 506 g/mol. The molecule has 2 heterocycles. The summed E-state index contributed by atoms with van der Waals surface area (Å²) in [5.74, 6) is -4.00. The summed E-state index contributed by atoms with van der Waals surface area (Å²) < 4.78 is 21.7. The molecule has 36 heavy (non-hydrogen) atoms. The van der Waals surface area contributed by atoms with E-state index in [1.54, 1.807) is 0 Å². The van der Waals surface area contributed by atoms with Crippen LogP contribution in [0.15, 0.2) is 39.5 Å². The molecule has 0 radical (unpaired) electrons. The van der Waals surface area contributed by atoms with Crippen LogP contribution in [0.3, 0.4) is 0 Å². The topological polar surface area (TPSA) is 217 Å². The predicted octanol–water partition coefficient (Wildman–Crippen LogP) is 0.0319. The molecule has 3 aromatic rings. The van der Waals surface area contributed by atoms with Crippen LogP contribution < -0.4 is 10.2 Å². The maximum absolute atomic E-state index is 13.4. The number of hydrogen-bond donors (Lipinski definition) is 7. The second-order valence-corrected chi connectivity index (χ2v) is 8.03. The van der Waals surface area contributed by atoms with Crippen molar-refractivity contribution < 1.29 is 59.2 Å². The van der Waals surface area contributed by atoms with E-state index in [0.29, 0.717) is 0 Å². The molecule has 1 saturated heterocycles. The van der Waals surface area contributed by atoms with Crippen LogP contribution >= 0.6 is 0 Å². The summed E-state index contributed by atoms with van der Waals surface area (Å²) in [7, 11) is 0. The van der Waals surface area contributed by atoms with Crippen LogP contribution in [-0.4, -0.2) is 79.0 Å². The van der Waals surface area contributed by atoms with Gasteiger partial charge in [0.15, 0.2) is 29.5 Å². The van der Waals surface area contributed by atoms with E-state index in [1.165, 1.54) is 6.07 Å². The number of rotatable bonds is 5. The Hall–Kier alpha value is -4.04. The molecule has 0 saturated carbocycles. The Morgan fingerprint density at radius 2 is 1.72 bits per heavy atom. The zero-order valence-corrected chi connectivity index (χ0v) is 18.6. The van der Waals surface area contributed by atoms with Crippen molar-refractivity contribution in [2.75, 3.05) is 6.61 Å². The fraction of sp³-hybridized carbons (Fsp3) is 0.304. The van der Waals surface area contributed by atoms with Gasteiger partial charge in [0.1, 0.15) is 34.7 Å². The van der Waals surface area contributed by atoms with Gasteiger partial charge in [0.05, 0.1) is 6.61 Å². The predicted molar refractivity (Wildman–Crippen MR) is 119 cm³/mol. The normalized spacial score (nSPS) is 23.9. The first-order chi connectivity index (χ1) is 17.0. The number of fused-ring (bicyclic) bond motifs is 1. The first-order valence-electron chi connectivity index (χ1n) is 10.5. The Morgan fingerprint density at radius 3 is 2.36 bits per heavy atom. The first kappa shape index (κ1) is 25.1. The molecule has 7 N–H and O–H groups in total. The number of aliphatic hydroxyl groups is 3. The average Bonchev–Trinajstić information content (AvgIpc) is 2.81. The maximum Gasteiger partial charge on any atom is 0.303 e. The molecule has 0 aliphatic carbocycles. The van der Waals surface area contributed by atoms with E-state index >= 15 is 0 Å². The van der Waals surface area contributed by atoms with Gasteiger partial charge in [-0.05, 0) is 18.2 Å². The van der Waals surface area contributed by atoms with E-state index in [4.69, 9.17) is 18.6 Å². The first-order valence-corrected chi connectivity index (χ1v) is 10.5. The molecule has 0 amide bonds. The molecule has 4 rings (SSSR count). The fourth-order valence-corrected chi connectivity index (χ4v) is 3.83. The van der Waals surface area contributed by atoms with Crippen LogP contribution in [0.1, 0.15) is 6.92 Å². The monoisotopic (exact) mass is 506 g/mol. The van der Waals surface area contributed by atoms with Crippen molar-refractivity contribution in [3.63, 3.8) is 0 Å². The number of carbonyl (C=O) groups is 1. The van der Waals surface area contributed by atoms with Crippen molar-refractivity contribution in [2.45, 2.75) is 37.6 Å². The third kappa shape index (κ3) is 4.47. The van der Waals surface area contributed by atoms with Crippen molar-refractivity contribution in [3.8, 4) is 40.1 Å². The number of esters is 1. The number of aromatic hydroxyl groups is 4. The summed E-state index contributed by atoms with van der Waals surface area (Å²) in [4.78, 5) is 24.9. The molecule has 0 spiro atoms. The molecular weight excluding hydrogens is 484 g/mol. The second kappa shape index (κ2) is 9.54. The lowest BCUT2D eigenvalue weighted by Crippen LogP contribution is -2.61. The minimum Gasteiger partial charge on any atom is -0.508 e. The molecule has 1 aliphatic rings. The van der Waals surface area contributed by atoms with E-state index in [-0.39, 0.29) is 16.9 Å². The van der Waals surface area contributed by atoms with Gasteiger partial charge < -0.3 is 54.4 Å². The zero-order valence-electron chi connectivity index (χ0n) is 18.6. The quantitative estimate of drug-likeness (QED) is 0.180. The fourth-order valence-electron chi connectivity index (χ4n) is 3.83. The lowest BCUT2D eigenvalue weighted by atomic mass is 9.99. The van der Waals surface area contributed by atoms with Gasteiger partial charge in [-0.2, -0.15) is 0 Å². The summed E-state index contributed by atoms with van der Waals surface area (Å²) >= 11 is 0. The zero-order chi connectivity index (χ0) is 26.3. The highest BCUT2D eigenvalue weighted by molar-refractivity contribution is 5.88. The van der Waals surface area contributed by atoms with Gasteiger partial charge in [-0.1, -0.05) is 0 Å². The summed E-state index contributed by atoms with van der Waals surface area (Å²) in [6.07, 6.45) is -8.27. The van der Waals surface area contributed by atoms with Crippen molar-refractivity contribution in [1.82, 2.24) is 0 Å². The van der Waals surface area contributed by atoms with Gasteiger partial charge in [-0.3, -0.25) is 9.59 Å². The number of carbonyl (C=O) groups excluding carboxylic acids is 1. The minimum absolute atomic E-state index is 0.00251. The van der Waals surface area contributed by atoms with Gasteiger partial charge in [0, 0.05) is 24.6 Å². The number of phenolic OH excluding ortho intramolecular Hbond substituents is 4. The summed E-state index contributed by atoms with van der Waals surface area (Å²) in [5, 5.41) is 69.9. The van der Waals surface area contributed by atoms with Crippen molar-refractivity contribution in [2.24, 2.45) is 0 Å². The van der Waals surface area contributed by atoms with E-state index < -0.39 is 82.8 Å². The summed E-state index contributed by atoms with van der Waals surface area (Å²) in [6, 6.07) is 5.32. The van der Waals surface area contributed by atoms with Crippen molar-refractivity contribution >= 4 is 16.9 Å². The summed E-state index contributed by atoms with van der Waals surface area (Å²) in [6.45, 7) is 0.265. The Balaban J connectivity index is 1.88. The molecule has 1 aromatic heterocycles. The third-order valence-corrected chi connectivity index (χ3v) is 5.51. The standard InChI is InChI=1S/C23H22O13/c1-8(25)33-21-17(30)15(7-24)35-23(19(21)32)36-22-18(31)16-13(29)5-10(26)6-14(16)34-20(22)9-2-3-11(27)12(28)4-9/h2-6,15,17,19,21,23-24,26-30,32H,7H2,1H3. The Labute approximate surface area is 201 Å². The van der Waals surface area contributed by atoms with E-state index in [1.807, 2.05) is 0 Å². The van der Waals surface area contributed by atoms with Crippen LogP contribution in [0.4, 0.5) is 0 Å². The van der Waals surface area contributed by atoms with Crippen LogP contribution in [0.25, 0.3) is 22.3 Å². The molecule has 13 nitrogen and oxygen atoms in total. The molecule has 5 atom stereocenters. The second-order valence-electron chi connectivity index (χ2n) is 8.03. The number of hydrogen-bond acceptors (Lipinski definition) is 13. The Bertz CT molecular complexity index is 1360. The Kier molecular flexibility index (Phi) is 6.65. The number of phenols is 4. The minimum atomic E-state index is -1.85. The largest absolute Gasteiger partial charge is 0.508 e. The smallest absolute Gasteiger partial charge is 0.303 e. The molecule has 192 valence electrons. The van der Waals surface area contributed by atoms with Gasteiger partial charge in [-0.25, -0.2) is 0 Å². The lowest BCUT2D eigenvalue weighted by molar-refractivity contribution is -0.281. The highest BCUT2D eigenvalue weighted by Gasteiger charge is 2.48. The molecule has 2 aromatic carbocycles. The van der Waals surface area contributed by atoms with Gasteiger partial charge >= 0.3 is 5.97 Å². The molecule has 1 aliphatic heterocycles. The summed E-state index contributed by atoms with van der Waals surface area (Å²) in [5.41, 5.74) is -1.25. The van der Waals surface area contributed by atoms with Crippen LogP contribution in [0.2, 0.25) is 0 Å². The van der Waals surface area contributed by atoms with Crippen molar-refractivity contribution in [3.05, 3.63) is 40.6 Å². The van der Waals surface area contributed by atoms with Gasteiger partial charge in [0.25, 0.3) is 0 Å². The third-order valence-electron chi connectivity index (χ3n) is 5.51. The molecule has 1 fully saturated rings. The van der Waals surface area contributed by atoms with E-state index in [9.17, 15) is 45.3 Å². The highest BCUT2D eigenvalue weighted by atomic mass is 16.7. The number of ether oxygens (including phenoxy) is 3. The SMILES string of the molecule is CC(=O)OC1C(O)C(CO)OC(Oc2c(-c3ccc(O)c(O)c3)oc3cc(O)cc(O)c3c2=O)C1O. The highest BCUT2D eigenvalue weighted by Crippen LogP contribution is 2.39. The number of aliphatic hydroxyl groups excluding tert-OH is 3. The van der Waals surface area contributed by atoms with Crippen LogP contribution in [0.5, 0.6) is 28.7 Å². The van der Waals surface area contributed by atoms with Gasteiger partial charge in [-0.15, -0.1) is 0 Å². The Morgan fingerprint density at radius 1 is 1.00 bits per heavy atom. The molecular formula is C23H22O13. The van der Waals surface area contributed by atoms with E-state index in [2.05, 4.69) is 0 Å². The molecule has 5 unspecified atom stereocenters. The molecule has 13 heteroatoms. The van der Waals surface area contributed by atoms with E-state index in [0.717, 1.165) is 31.2 Å². The van der Waals surface area contributed by atoms with Crippen LogP contribution in [-0.2, 0) is 14.3 Å². The van der Waals surface area contributed by atoms with Gasteiger partial charge in [0.2, 0.25) is 17.5 Å². The van der Waals surface area contributed by atoms with Crippen LogP contribution in [0, 0.1) is 0 Å². The van der Waals surface area contributed by atoms with Crippen molar-refractivity contribution in [1.29, 1.82) is 0 Å². The maximum atomic E-state index is 13.4. The number of benzene rings is 2. The lowest BCUT2D eigenvalue weighted by Gasteiger charge is -2.41. The molecule has 0 bridgehead atoms.